The third-order valence-corrected chi connectivity index (χ3v) is 3.53. The standard InChI is InChI=1S/C14H14Cl2N2O/c1-18-9-17-8-11(18)3-2-4-14(19)12-6-5-10(15)7-13(12)16/h5-9H,2-4H2,1H3. The van der Waals surface area contributed by atoms with Crippen LogP contribution in [-0.4, -0.2) is 15.3 Å². The van der Waals surface area contributed by atoms with Crippen molar-refractivity contribution in [1.82, 2.24) is 9.55 Å². The number of imidazole rings is 1. The average molecular weight is 297 g/mol. The highest BCUT2D eigenvalue weighted by molar-refractivity contribution is 6.36. The van der Waals surface area contributed by atoms with Gasteiger partial charge in [-0.15, -0.1) is 0 Å². The minimum Gasteiger partial charge on any atom is -0.338 e. The smallest absolute Gasteiger partial charge is 0.164 e. The molecule has 0 radical (unpaired) electrons. The van der Waals surface area contributed by atoms with Gasteiger partial charge in [-0.2, -0.15) is 0 Å². The van der Waals surface area contributed by atoms with Crippen LogP contribution in [0.15, 0.2) is 30.7 Å². The van der Waals surface area contributed by atoms with E-state index in [1.165, 1.54) is 0 Å². The fourth-order valence-corrected chi connectivity index (χ4v) is 2.42. The Morgan fingerprint density at radius 3 is 2.79 bits per heavy atom. The Morgan fingerprint density at radius 2 is 2.16 bits per heavy atom. The monoisotopic (exact) mass is 296 g/mol. The van der Waals surface area contributed by atoms with Gasteiger partial charge in [0.05, 0.1) is 11.3 Å². The minimum absolute atomic E-state index is 0.0452. The first kappa shape index (κ1) is 14.1. The summed E-state index contributed by atoms with van der Waals surface area (Å²) in [7, 11) is 1.94. The predicted octanol–water partition coefficient (Wildman–Crippen LogP) is 3.93. The molecule has 0 saturated carbocycles. The van der Waals surface area contributed by atoms with Gasteiger partial charge >= 0.3 is 0 Å². The quantitative estimate of drug-likeness (QED) is 0.784. The van der Waals surface area contributed by atoms with Crippen LogP contribution in [0.2, 0.25) is 10.0 Å². The van der Waals surface area contributed by atoms with E-state index in [9.17, 15) is 4.79 Å². The predicted molar refractivity (Wildman–Crippen MR) is 76.9 cm³/mol. The van der Waals surface area contributed by atoms with Crippen molar-refractivity contribution in [3.63, 3.8) is 0 Å². The second-order valence-corrected chi connectivity index (χ2v) is 5.24. The third kappa shape index (κ3) is 3.58. The Balaban J connectivity index is 1.93. The van der Waals surface area contributed by atoms with E-state index in [-0.39, 0.29) is 5.78 Å². The fraction of sp³-hybridized carbons (Fsp3) is 0.286. The first-order chi connectivity index (χ1) is 9.08. The summed E-state index contributed by atoms with van der Waals surface area (Å²) in [6, 6.07) is 4.95. The van der Waals surface area contributed by atoms with Crippen LogP contribution in [0.3, 0.4) is 0 Å². The summed E-state index contributed by atoms with van der Waals surface area (Å²) in [5.74, 6) is 0.0452. The molecule has 0 N–H and O–H groups in total. The lowest BCUT2D eigenvalue weighted by Crippen LogP contribution is -2.02. The first-order valence-electron chi connectivity index (χ1n) is 6.01. The maximum atomic E-state index is 12.0. The number of carbonyl (C=O) groups excluding carboxylic acids is 1. The molecular formula is C14H14Cl2N2O. The summed E-state index contributed by atoms with van der Waals surface area (Å²) >= 11 is 11.8. The lowest BCUT2D eigenvalue weighted by molar-refractivity contribution is 0.0980. The topological polar surface area (TPSA) is 34.9 Å². The fourth-order valence-electron chi connectivity index (χ4n) is 1.91. The lowest BCUT2D eigenvalue weighted by atomic mass is 10.0. The number of ketones is 1. The zero-order chi connectivity index (χ0) is 13.8. The number of nitrogens with zero attached hydrogens (tertiary/aromatic N) is 2. The normalized spacial score (nSPS) is 10.7. The molecule has 2 rings (SSSR count). The van der Waals surface area contributed by atoms with Gasteiger partial charge in [-0.05, 0) is 31.0 Å². The Hall–Kier alpha value is -1.32. The number of halogens is 2. The molecule has 0 aliphatic rings. The Bertz CT molecular complexity index is 593. The molecule has 100 valence electrons. The van der Waals surface area contributed by atoms with Gasteiger partial charge in [0, 0.05) is 35.9 Å². The van der Waals surface area contributed by atoms with Crippen molar-refractivity contribution < 1.29 is 4.79 Å². The van der Waals surface area contributed by atoms with E-state index in [1.807, 2.05) is 17.8 Å². The third-order valence-electron chi connectivity index (χ3n) is 2.98. The molecule has 19 heavy (non-hydrogen) atoms. The highest BCUT2D eigenvalue weighted by Gasteiger charge is 2.11. The van der Waals surface area contributed by atoms with Crippen molar-refractivity contribution in [2.75, 3.05) is 0 Å². The van der Waals surface area contributed by atoms with Crippen LogP contribution in [0.1, 0.15) is 28.9 Å². The van der Waals surface area contributed by atoms with Gasteiger partial charge in [0.2, 0.25) is 0 Å². The second-order valence-electron chi connectivity index (χ2n) is 4.40. The summed E-state index contributed by atoms with van der Waals surface area (Å²) in [6.07, 6.45) is 5.64. The van der Waals surface area contributed by atoms with Crippen molar-refractivity contribution in [3.05, 3.63) is 52.0 Å². The molecule has 2 aromatic rings. The molecule has 0 spiro atoms. The van der Waals surface area contributed by atoms with Crippen molar-refractivity contribution in [2.45, 2.75) is 19.3 Å². The van der Waals surface area contributed by atoms with Crippen LogP contribution in [0, 0.1) is 0 Å². The summed E-state index contributed by atoms with van der Waals surface area (Å²) in [6.45, 7) is 0. The molecule has 0 aliphatic heterocycles. The van der Waals surface area contributed by atoms with Gasteiger partial charge < -0.3 is 4.57 Å². The van der Waals surface area contributed by atoms with Crippen LogP contribution in [0.5, 0.6) is 0 Å². The lowest BCUT2D eigenvalue weighted by Gasteiger charge is -2.05. The highest BCUT2D eigenvalue weighted by atomic mass is 35.5. The van der Waals surface area contributed by atoms with E-state index in [0.29, 0.717) is 22.0 Å². The molecule has 0 saturated heterocycles. The highest BCUT2D eigenvalue weighted by Crippen LogP contribution is 2.22. The van der Waals surface area contributed by atoms with Crippen molar-refractivity contribution in [1.29, 1.82) is 0 Å². The van der Waals surface area contributed by atoms with Crippen molar-refractivity contribution in [3.8, 4) is 0 Å². The van der Waals surface area contributed by atoms with Gasteiger partial charge in [0.1, 0.15) is 0 Å². The summed E-state index contributed by atoms with van der Waals surface area (Å²) in [4.78, 5) is 16.1. The number of hydrogen-bond acceptors (Lipinski definition) is 2. The summed E-state index contributed by atoms with van der Waals surface area (Å²) in [5, 5.41) is 0.953. The van der Waals surface area contributed by atoms with Gasteiger partial charge in [-0.1, -0.05) is 23.2 Å². The van der Waals surface area contributed by atoms with Gasteiger partial charge in [-0.3, -0.25) is 4.79 Å². The molecule has 0 fully saturated rings. The molecule has 0 unspecified atom stereocenters. The molecular weight excluding hydrogens is 283 g/mol. The van der Waals surface area contributed by atoms with Crippen molar-refractivity contribution in [2.24, 2.45) is 7.05 Å². The minimum atomic E-state index is 0.0452. The zero-order valence-electron chi connectivity index (χ0n) is 10.6. The van der Waals surface area contributed by atoms with Crippen LogP contribution < -0.4 is 0 Å². The number of carbonyl (C=O) groups is 1. The number of Topliss-reactive ketones (excluding diaryl/α,β-unsaturated/α-hetero) is 1. The second kappa shape index (κ2) is 6.22. The Kier molecular flexibility index (Phi) is 4.61. The Labute approximate surface area is 122 Å². The van der Waals surface area contributed by atoms with Gasteiger partial charge in [0.25, 0.3) is 0 Å². The molecule has 0 amide bonds. The van der Waals surface area contributed by atoms with Crippen LogP contribution >= 0.6 is 23.2 Å². The first-order valence-corrected chi connectivity index (χ1v) is 6.77. The molecule has 1 heterocycles. The molecule has 0 aliphatic carbocycles. The summed E-state index contributed by atoms with van der Waals surface area (Å²) in [5.41, 5.74) is 1.66. The van der Waals surface area contributed by atoms with Crippen LogP contribution in [0.25, 0.3) is 0 Å². The number of aryl methyl sites for hydroxylation is 2. The van der Waals surface area contributed by atoms with E-state index in [0.717, 1.165) is 18.5 Å². The van der Waals surface area contributed by atoms with E-state index in [1.54, 1.807) is 24.5 Å². The average Bonchev–Trinajstić information content (AvgIpc) is 2.75. The summed E-state index contributed by atoms with van der Waals surface area (Å²) < 4.78 is 1.96. The SMILES string of the molecule is Cn1cncc1CCCC(=O)c1ccc(Cl)cc1Cl. The number of aromatic nitrogens is 2. The van der Waals surface area contributed by atoms with E-state index in [4.69, 9.17) is 23.2 Å². The van der Waals surface area contributed by atoms with Crippen molar-refractivity contribution >= 4 is 29.0 Å². The molecule has 5 heteroatoms. The van der Waals surface area contributed by atoms with Crippen LogP contribution in [0.4, 0.5) is 0 Å². The van der Waals surface area contributed by atoms with E-state index in [2.05, 4.69) is 4.98 Å². The van der Waals surface area contributed by atoms with Gasteiger partial charge in [0.15, 0.2) is 5.78 Å². The number of benzene rings is 1. The molecule has 3 nitrogen and oxygen atoms in total. The van der Waals surface area contributed by atoms with Gasteiger partial charge in [-0.25, -0.2) is 4.98 Å². The molecule has 0 bridgehead atoms. The van der Waals surface area contributed by atoms with E-state index < -0.39 is 0 Å². The number of hydrogen-bond donors (Lipinski definition) is 0. The number of rotatable bonds is 5. The molecule has 1 aromatic carbocycles. The maximum Gasteiger partial charge on any atom is 0.164 e. The maximum absolute atomic E-state index is 12.0. The van der Waals surface area contributed by atoms with E-state index >= 15 is 0 Å². The Morgan fingerprint density at radius 1 is 1.37 bits per heavy atom. The zero-order valence-corrected chi connectivity index (χ0v) is 12.1. The van der Waals surface area contributed by atoms with Crippen LogP contribution in [-0.2, 0) is 13.5 Å². The molecule has 0 atom stereocenters. The largest absolute Gasteiger partial charge is 0.338 e. The molecule has 1 aromatic heterocycles.